The van der Waals surface area contributed by atoms with E-state index in [1.54, 1.807) is 0 Å². The van der Waals surface area contributed by atoms with Crippen LogP contribution in [0, 0.1) is 5.92 Å². The van der Waals surface area contributed by atoms with E-state index in [-0.39, 0.29) is 6.61 Å². The Morgan fingerprint density at radius 2 is 1.59 bits per heavy atom. The van der Waals surface area contributed by atoms with Crippen molar-refractivity contribution in [2.45, 2.75) is 71.6 Å². The number of unbranched alkanes of at least 4 members (excludes halogenated alkanes) is 6. The predicted octanol–water partition coefficient (Wildman–Crippen LogP) is 4.16. The average Bonchev–Trinajstić information content (AvgIpc) is 2.35. The zero-order chi connectivity index (χ0) is 12.8. The molecule has 1 atom stereocenters. The number of hydrogen-bond acceptors (Lipinski definition) is 2. The van der Waals surface area contributed by atoms with Crippen LogP contribution in [0.5, 0.6) is 0 Å². The van der Waals surface area contributed by atoms with E-state index in [1.165, 1.54) is 57.8 Å². The van der Waals surface area contributed by atoms with Crippen LogP contribution >= 0.6 is 0 Å². The lowest BCUT2D eigenvalue weighted by Gasteiger charge is -2.14. The Bertz CT molecular complexity index is 137. The van der Waals surface area contributed by atoms with Crippen LogP contribution in [0.1, 0.15) is 71.6 Å². The molecule has 0 aliphatic rings. The fourth-order valence-corrected chi connectivity index (χ4v) is 2.11. The fourth-order valence-electron chi connectivity index (χ4n) is 2.11. The summed E-state index contributed by atoms with van der Waals surface area (Å²) in [5, 5.41) is 8.64. The average molecular weight is 244 g/mol. The molecule has 0 aliphatic carbocycles. The molecule has 0 aromatic carbocycles. The summed E-state index contributed by atoms with van der Waals surface area (Å²) in [6.07, 6.45) is 12.1. The van der Waals surface area contributed by atoms with Gasteiger partial charge in [-0.1, -0.05) is 65.2 Å². The first kappa shape index (κ1) is 16.9. The molecule has 0 rings (SSSR count). The molecule has 0 saturated heterocycles. The van der Waals surface area contributed by atoms with Crippen molar-refractivity contribution in [2.75, 3.05) is 19.8 Å². The van der Waals surface area contributed by atoms with Crippen molar-refractivity contribution >= 4 is 0 Å². The van der Waals surface area contributed by atoms with Crippen LogP contribution < -0.4 is 0 Å². The largest absolute Gasteiger partial charge is 0.394 e. The smallest absolute Gasteiger partial charge is 0.0697 e. The third-order valence-electron chi connectivity index (χ3n) is 3.38. The second-order valence-corrected chi connectivity index (χ2v) is 4.98. The van der Waals surface area contributed by atoms with Crippen molar-refractivity contribution in [1.82, 2.24) is 0 Å². The first-order valence-electron chi connectivity index (χ1n) is 7.53. The molecule has 0 bridgehead atoms. The normalized spacial score (nSPS) is 12.9. The van der Waals surface area contributed by atoms with Crippen molar-refractivity contribution < 1.29 is 9.84 Å². The molecular formula is C15H32O2. The van der Waals surface area contributed by atoms with Gasteiger partial charge in [0.2, 0.25) is 0 Å². The first-order chi connectivity index (χ1) is 8.35. The highest BCUT2D eigenvalue weighted by atomic mass is 16.5. The summed E-state index contributed by atoms with van der Waals surface area (Å²) in [6.45, 7) is 5.96. The minimum Gasteiger partial charge on any atom is -0.394 e. The quantitative estimate of drug-likeness (QED) is 0.493. The standard InChI is InChI=1S/C15H32O2/c1-3-5-6-7-8-9-10-11-15(4-2)14-17-13-12-16/h15-16H,3-14H2,1-2H3. The van der Waals surface area contributed by atoms with Gasteiger partial charge in [0, 0.05) is 6.61 Å². The molecule has 104 valence electrons. The Labute approximate surface area is 108 Å². The summed E-state index contributed by atoms with van der Waals surface area (Å²) >= 11 is 0. The van der Waals surface area contributed by atoms with Gasteiger partial charge in [-0.2, -0.15) is 0 Å². The molecule has 0 fully saturated rings. The van der Waals surface area contributed by atoms with Crippen LogP contribution in [0.25, 0.3) is 0 Å². The van der Waals surface area contributed by atoms with Gasteiger partial charge >= 0.3 is 0 Å². The van der Waals surface area contributed by atoms with E-state index in [1.807, 2.05) is 0 Å². The molecule has 0 amide bonds. The fraction of sp³-hybridized carbons (Fsp3) is 1.00. The third-order valence-corrected chi connectivity index (χ3v) is 3.38. The first-order valence-corrected chi connectivity index (χ1v) is 7.53. The molecule has 1 unspecified atom stereocenters. The molecular weight excluding hydrogens is 212 g/mol. The summed E-state index contributed by atoms with van der Waals surface area (Å²) in [5.41, 5.74) is 0. The summed E-state index contributed by atoms with van der Waals surface area (Å²) in [5.74, 6) is 0.692. The summed E-state index contributed by atoms with van der Waals surface area (Å²) in [4.78, 5) is 0. The minimum atomic E-state index is 0.147. The summed E-state index contributed by atoms with van der Waals surface area (Å²) in [6, 6.07) is 0. The molecule has 0 aromatic heterocycles. The molecule has 0 radical (unpaired) electrons. The molecule has 0 heterocycles. The summed E-state index contributed by atoms with van der Waals surface area (Å²) < 4.78 is 5.40. The Balaban J connectivity index is 3.25. The van der Waals surface area contributed by atoms with E-state index in [9.17, 15) is 0 Å². The van der Waals surface area contributed by atoms with Gasteiger partial charge in [-0.05, 0) is 12.3 Å². The predicted molar refractivity (Wildman–Crippen MR) is 74.3 cm³/mol. The van der Waals surface area contributed by atoms with Crippen LogP contribution in [0.15, 0.2) is 0 Å². The topological polar surface area (TPSA) is 29.5 Å². The highest BCUT2D eigenvalue weighted by Crippen LogP contribution is 2.15. The molecule has 0 aliphatic heterocycles. The van der Waals surface area contributed by atoms with Gasteiger partial charge in [0.15, 0.2) is 0 Å². The van der Waals surface area contributed by atoms with Gasteiger partial charge in [0.25, 0.3) is 0 Å². The van der Waals surface area contributed by atoms with E-state index < -0.39 is 0 Å². The maximum atomic E-state index is 8.64. The van der Waals surface area contributed by atoms with Crippen LogP contribution in [0.3, 0.4) is 0 Å². The zero-order valence-electron chi connectivity index (χ0n) is 11.9. The lowest BCUT2D eigenvalue weighted by molar-refractivity contribution is 0.0639. The highest BCUT2D eigenvalue weighted by molar-refractivity contribution is 4.57. The van der Waals surface area contributed by atoms with Gasteiger partial charge in [0.1, 0.15) is 0 Å². The van der Waals surface area contributed by atoms with Gasteiger partial charge < -0.3 is 9.84 Å². The van der Waals surface area contributed by atoms with E-state index in [0.717, 1.165) is 6.61 Å². The van der Waals surface area contributed by atoms with E-state index in [0.29, 0.717) is 12.5 Å². The van der Waals surface area contributed by atoms with Gasteiger partial charge in [-0.15, -0.1) is 0 Å². The SMILES string of the molecule is CCCCCCCCCC(CC)COCCO. The van der Waals surface area contributed by atoms with Crippen LogP contribution in [0.2, 0.25) is 0 Å². The zero-order valence-corrected chi connectivity index (χ0v) is 11.9. The second-order valence-electron chi connectivity index (χ2n) is 4.98. The van der Waals surface area contributed by atoms with E-state index >= 15 is 0 Å². The molecule has 0 saturated carbocycles. The lowest BCUT2D eigenvalue weighted by atomic mass is 9.98. The number of aliphatic hydroxyl groups excluding tert-OH is 1. The molecule has 17 heavy (non-hydrogen) atoms. The molecule has 2 nitrogen and oxygen atoms in total. The Hall–Kier alpha value is -0.0800. The second kappa shape index (κ2) is 14.0. The van der Waals surface area contributed by atoms with Gasteiger partial charge in [0.05, 0.1) is 13.2 Å². The number of hydrogen-bond donors (Lipinski definition) is 1. The lowest BCUT2D eigenvalue weighted by Crippen LogP contribution is -2.11. The van der Waals surface area contributed by atoms with Crippen molar-refractivity contribution in [3.05, 3.63) is 0 Å². The van der Waals surface area contributed by atoms with E-state index in [4.69, 9.17) is 9.84 Å². The third kappa shape index (κ3) is 12.2. The minimum absolute atomic E-state index is 0.147. The van der Waals surface area contributed by atoms with Crippen molar-refractivity contribution in [3.63, 3.8) is 0 Å². The molecule has 1 N–H and O–H groups in total. The highest BCUT2D eigenvalue weighted by Gasteiger charge is 2.05. The maximum Gasteiger partial charge on any atom is 0.0697 e. The van der Waals surface area contributed by atoms with Crippen molar-refractivity contribution in [1.29, 1.82) is 0 Å². The molecule has 0 spiro atoms. The summed E-state index contributed by atoms with van der Waals surface area (Å²) in [7, 11) is 0. The number of aliphatic hydroxyl groups is 1. The maximum absolute atomic E-state index is 8.64. The van der Waals surface area contributed by atoms with Crippen LogP contribution in [0.4, 0.5) is 0 Å². The Morgan fingerprint density at radius 3 is 2.18 bits per heavy atom. The Kier molecular flexibility index (Phi) is 13.9. The van der Waals surface area contributed by atoms with Crippen LogP contribution in [-0.4, -0.2) is 24.9 Å². The van der Waals surface area contributed by atoms with E-state index in [2.05, 4.69) is 13.8 Å². The van der Waals surface area contributed by atoms with Gasteiger partial charge in [-0.25, -0.2) is 0 Å². The molecule has 2 heteroatoms. The number of rotatable bonds is 13. The monoisotopic (exact) mass is 244 g/mol. The van der Waals surface area contributed by atoms with Crippen molar-refractivity contribution in [3.8, 4) is 0 Å². The van der Waals surface area contributed by atoms with Crippen molar-refractivity contribution in [2.24, 2.45) is 5.92 Å². The van der Waals surface area contributed by atoms with Gasteiger partial charge in [-0.3, -0.25) is 0 Å². The number of ether oxygens (including phenoxy) is 1. The molecule has 0 aromatic rings. The van der Waals surface area contributed by atoms with Crippen LogP contribution in [-0.2, 0) is 4.74 Å². The Morgan fingerprint density at radius 1 is 0.941 bits per heavy atom.